The summed E-state index contributed by atoms with van der Waals surface area (Å²) in [5.41, 5.74) is -0.867. The molecule has 180 valence electrons. The van der Waals surface area contributed by atoms with Crippen molar-refractivity contribution in [2.45, 2.75) is 71.1 Å². The van der Waals surface area contributed by atoms with E-state index in [0.29, 0.717) is 19.1 Å². The van der Waals surface area contributed by atoms with E-state index in [1.807, 2.05) is 6.92 Å². The van der Waals surface area contributed by atoms with Crippen LogP contribution in [-0.4, -0.2) is 57.5 Å². The maximum atomic E-state index is 13.6. The number of hydrogen-bond acceptors (Lipinski definition) is 4. The van der Waals surface area contributed by atoms with Gasteiger partial charge in [0.15, 0.2) is 0 Å². The molecule has 1 aliphatic heterocycles. The summed E-state index contributed by atoms with van der Waals surface area (Å²) in [7, 11) is 0. The number of carbonyl (C=O) groups excluding carboxylic acids is 1. The first-order valence-electron chi connectivity index (χ1n) is 11.7. The molecule has 0 unspecified atom stereocenters. The van der Waals surface area contributed by atoms with Crippen LogP contribution >= 0.6 is 0 Å². The minimum Gasteiger partial charge on any atom is -0.338 e. The van der Waals surface area contributed by atoms with Crippen molar-refractivity contribution in [2.24, 2.45) is 0 Å². The topological polar surface area (TPSA) is 58.4 Å². The van der Waals surface area contributed by atoms with E-state index in [9.17, 15) is 22.8 Å². The predicted octanol–water partition coefficient (Wildman–Crippen LogP) is 4.07. The Morgan fingerprint density at radius 3 is 2.24 bits per heavy atom. The van der Waals surface area contributed by atoms with Gasteiger partial charge in [0.05, 0.1) is 11.0 Å². The largest absolute Gasteiger partial charge is 0.438 e. The molecule has 2 aliphatic rings. The fourth-order valence-electron chi connectivity index (χ4n) is 5.16. The zero-order valence-corrected chi connectivity index (χ0v) is 19.4. The van der Waals surface area contributed by atoms with E-state index in [0.717, 1.165) is 28.8 Å². The lowest BCUT2D eigenvalue weighted by atomic mass is 9.94. The Kier molecular flexibility index (Phi) is 6.53. The SMILES string of the molecule is Cc1cc2nc(C(F)(F)F)c(=O)n([C@@H](C)C(=O)N3CCN(C4CCCCC4)CC3)c2cc1C. The van der Waals surface area contributed by atoms with E-state index >= 15 is 0 Å². The molecule has 1 aromatic carbocycles. The standard InChI is InChI=1S/C24H31F3N4O2/c1-15-13-19-20(14-16(15)2)31(23(33)21(28-19)24(25,26)27)17(3)22(32)30-11-9-29(10-12-30)18-7-5-4-6-8-18/h13-14,17-18H,4-12H2,1-3H3/t17-/m0/s1. The molecule has 1 saturated carbocycles. The number of amides is 1. The number of benzene rings is 1. The van der Waals surface area contributed by atoms with E-state index in [1.165, 1.54) is 45.1 Å². The molecule has 6 nitrogen and oxygen atoms in total. The maximum Gasteiger partial charge on any atom is 0.438 e. The molecule has 1 aliphatic carbocycles. The van der Waals surface area contributed by atoms with Crippen molar-refractivity contribution in [3.05, 3.63) is 39.3 Å². The number of piperazine rings is 1. The van der Waals surface area contributed by atoms with Crippen molar-refractivity contribution >= 4 is 16.9 Å². The molecule has 0 bridgehead atoms. The Hall–Kier alpha value is -2.42. The molecule has 2 aromatic rings. The Labute approximate surface area is 191 Å². The van der Waals surface area contributed by atoms with Gasteiger partial charge in [-0.25, -0.2) is 4.98 Å². The van der Waals surface area contributed by atoms with Gasteiger partial charge in [-0.15, -0.1) is 0 Å². The fraction of sp³-hybridized carbons (Fsp3) is 0.625. The second-order valence-corrected chi connectivity index (χ2v) is 9.39. The van der Waals surface area contributed by atoms with Gasteiger partial charge in [-0.2, -0.15) is 13.2 Å². The highest BCUT2D eigenvalue weighted by atomic mass is 19.4. The van der Waals surface area contributed by atoms with E-state index in [4.69, 9.17) is 0 Å². The van der Waals surface area contributed by atoms with Crippen LogP contribution in [0.4, 0.5) is 13.2 Å². The van der Waals surface area contributed by atoms with Gasteiger partial charge in [0.2, 0.25) is 11.6 Å². The van der Waals surface area contributed by atoms with Crippen LogP contribution in [0.25, 0.3) is 11.0 Å². The fourth-order valence-corrected chi connectivity index (χ4v) is 5.16. The van der Waals surface area contributed by atoms with Gasteiger partial charge < -0.3 is 4.90 Å². The number of carbonyl (C=O) groups is 1. The van der Waals surface area contributed by atoms with E-state index in [1.54, 1.807) is 17.9 Å². The Balaban J connectivity index is 1.64. The summed E-state index contributed by atoms with van der Waals surface area (Å²) >= 11 is 0. The van der Waals surface area contributed by atoms with Gasteiger partial charge >= 0.3 is 6.18 Å². The highest BCUT2D eigenvalue weighted by Crippen LogP contribution is 2.29. The van der Waals surface area contributed by atoms with Crippen LogP contribution in [0.15, 0.2) is 16.9 Å². The average molecular weight is 465 g/mol. The van der Waals surface area contributed by atoms with Crippen LogP contribution in [0.2, 0.25) is 0 Å². The van der Waals surface area contributed by atoms with Gasteiger partial charge in [-0.05, 0) is 56.9 Å². The molecule has 0 N–H and O–H groups in total. The number of fused-ring (bicyclic) bond motifs is 1. The normalized spacial score (nSPS) is 19.8. The van der Waals surface area contributed by atoms with Crippen LogP contribution in [0.1, 0.15) is 61.9 Å². The molecule has 1 saturated heterocycles. The zero-order chi connectivity index (χ0) is 23.9. The lowest BCUT2D eigenvalue weighted by Crippen LogP contribution is -2.53. The van der Waals surface area contributed by atoms with Crippen molar-refractivity contribution in [1.82, 2.24) is 19.4 Å². The molecule has 2 fully saturated rings. The minimum absolute atomic E-state index is 0.0618. The second-order valence-electron chi connectivity index (χ2n) is 9.39. The Morgan fingerprint density at radius 1 is 1.03 bits per heavy atom. The van der Waals surface area contributed by atoms with Gasteiger partial charge in [-0.3, -0.25) is 19.1 Å². The number of alkyl halides is 3. The first-order chi connectivity index (χ1) is 15.6. The summed E-state index contributed by atoms with van der Waals surface area (Å²) in [6.45, 7) is 7.63. The zero-order valence-electron chi connectivity index (χ0n) is 19.4. The first kappa shape index (κ1) is 23.7. The molecule has 33 heavy (non-hydrogen) atoms. The second kappa shape index (κ2) is 9.08. The number of aromatic nitrogens is 2. The molecule has 9 heteroatoms. The lowest BCUT2D eigenvalue weighted by Gasteiger charge is -2.41. The van der Waals surface area contributed by atoms with Crippen LogP contribution in [-0.2, 0) is 11.0 Å². The number of hydrogen-bond donors (Lipinski definition) is 0. The highest BCUT2D eigenvalue weighted by molar-refractivity contribution is 5.84. The molecular weight excluding hydrogens is 433 g/mol. The smallest absolute Gasteiger partial charge is 0.338 e. The lowest BCUT2D eigenvalue weighted by molar-refractivity contribution is -0.143. The summed E-state index contributed by atoms with van der Waals surface area (Å²) < 4.78 is 41.8. The number of rotatable bonds is 3. The number of aryl methyl sites for hydroxylation is 2. The molecular formula is C24H31F3N4O2. The maximum absolute atomic E-state index is 13.6. The van der Waals surface area contributed by atoms with Crippen LogP contribution in [0, 0.1) is 13.8 Å². The predicted molar refractivity (Wildman–Crippen MR) is 120 cm³/mol. The van der Waals surface area contributed by atoms with Crippen molar-refractivity contribution < 1.29 is 18.0 Å². The van der Waals surface area contributed by atoms with Crippen LogP contribution in [0.3, 0.4) is 0 Å². The molecule has 0 radical (unpaired) electrons. The molecule has 1 aromatic heterocycles. The summed E-state index contributed by atoms with van der Waals surface area (Å²) in [5.74, 6) is -0.334. The third-order valence-electron chi connectivity index (χ3n) is 7.23. The van der Waals surface area contributed by atoms with Crippen molar-refractivity contribution in [1.29, 1.82) is 0 Å². The van der Waals surface area contributed by atoms with E-state index < -0.39 is 23.5 Å². The Morgan fingerprint density at radius 2 is 1.64 bits per heavy atom. The average Bonchev–Trinajstić information content (AvgIpc) is 2.79. The Bertz CT molecular complexity index is 1100. The highest BCUT2D eigenvalue weighted by Gasteiger charge is 2.39. The van der Waals surface area contributed by atoms with Crippen LogP contribution < -0.4 is 5.56 Å². The molecule has 2 heterocycles. The van der Waals surface area contributed by atoms with Gasteiger partial charge in [0, 0.05) is 32.2 Å². The van der Waals surface area contributed by atoms with Crippen molar-refractivity contribution in [3.8, 4) is 0 Å². The van der Waals surface area contributed by atoms with Gasteiger partial charge in [-0.1, -0.05) is 19.3 Å². The number of nitrogens with zero attached hydrogens (tertiary/aromatic N) is 4. The molecule has 1 amide bonds. The first-order valence-corrected chi connectivity index (χ1v) is 11.7. The molecule has 1 atom stereocenters. The quantitative estimate of drug-likeness (QED) is 0.687. The summed E-state index contributed by atoms with van der Waals surface area (Å²) in [5, 5.41) is 0. The van der Waals surface area contributed by atoms with Crippen molar-refractivity contribution in [2.75, 3.05) is 26.2 Å². The van der Waals surface area contributed by atoms with Gasteiger partial charge in [0.25, 0.3) is 5.56 Å². The summed E-state index contributed by atoms with van der Waals surface area (Å²) in [6, 6.07) is 2.67. The molecule has 0 spiro atoms. The minimum atomic E-state index is -4.90. The van der Waals surface area contributed by atoms with E-state index in [-0.39, 0.29) is 16.9 Å². The number of halogens is 3. The van der Waals surface area contributed by atoms with Crippen molar-refractivity contribution in [3.63, 3.8) is 0 Å². The third kappa shape index (κ3) is 4.65. The van der Waals surface area contributed by atoms with E-state index in [2.05, 4.69) is 9.88 Å². The summed E-state index contributed by atoms with van der Waals surface area (Å²) in [4.78, 5) is 34.0. The molecule has 4 rings (SSSR count). The monoisotopic (exact) mass is 464 g/mol. The summed E-state index contributed by atoms with van der Waals surface area (Å²) in [6.07, 6.45) is 1.21. The van der Waals surface area contributed by atoms with Crippen LogP contribution in [0.5, 0.6) is 0 Å². The third-order valence-corrected chi connectivity index (χ3v) is 7.23. The van der Waals surface area contributed by atoms with Gasteiger partial charge in [0.1, 0.15) is 6.04 Å².